The van der Waals surface area contributed by atoms with Gasteiger partial charge in [-0.05, 0) is 43.5 Å². The van der Waals surface area contributed by atoms with E-state index in [1.54, 1.807) is 0 Å². The van der Waals surface area contributed by atoms with E-state index in [0.29, 0.717) is 18.0 Å². The van der Waals surface area contributed by atoms with Crippen molar-refractivity contribution in [3.8, 4) is 0 Å². The van der Waals surface area contributed by atoms with Gasteiger partial charge in [-0.15, -0.1) is 12.4 Å². The van der Waals surface area contributed by atoms with Crippen molar-refractivity contribution >= 4 is 30.0 Å². The predicted octanol–water partition coefficient (Wildman–Crippen LogP) is 2.85. The Hall–Kier alpha value is -0.770. The van der Waals surface area contributed by atoms with Crippen LogP contribution in [0.5, 0.6) is 0 Å². The Morgan fingerprint density at radius 2 is 2.11 bits per heavy atom. The fraction of sp³-hybridized carbons (Fsp3) is 0.500. The van der Waals surface area contributed by atoms with Crippen molar-refractivity contribution in [2.24, 2.45) is 5.41 Å². The van der Waals surface area contributed by atoms with E-state index in [-0.39, 0.29) is 18.4 Å². The molecule has 1 unspecified atom stereocenters. The van der Waals surface area contributed by atoms with Crippen LogP contribution >= 0.6 is 24.0 Å². The fourth-order valence-electron chi connectivity index (χ4n) is 2.57. The molecule has 1 atom stereocenters. The molecule has 0 bridgehead atoms. The molecule has 1 aromatic rings. The molecule has 106 valence electrons. The summed E-state index contributed by atoms with van der Waals surface area (Å²) in [5.41, 5.74) is 0.689. The molecule has 1 N–H and O–H groups in total. The minimum absolute atomic E-state index is 0. The lowest BCUT2D eigenvalue weighted by molar-refractivity contribution is -0.153. The molecule has 0 amide bonds. The summed E-state index contributed by atoms with van der Waals surface area (Å²) in [5, 5.41) is 4.01. The highest BCUT2D eigenvalue weighted by Crippen LogP contribution is 2.32. The van der Waals surface area contributed by atoms with E-state index < -0.39 is 5.41 Å². The van der Waals surface area contributed by atoms with Gasteiger partial charge in [-0.3, -0.25) is 4.79 Å². The van der Waals surface area contributed by atoms with Crippen LogP contribution in [-0.2, 0) is 16.0 Å². The van der Waals surface area contributed by atoms with Gasteiger partial charge in [0, 0.05) is 11.6 Å². The van der Waals surface area contributed by atoms with Crippen molar-refractivity contribution in [1.82, 2.24) is 5.32 Å². The van der Waals surface area contributed by atoms with Crippen LogP contribution < -0.4 is 5.32 Å². The van der Waals surface area contributed by atoms with Crippen molar-refractivity contribution in [3.63, 3.8) is 0 Å². The van der Waals surface area contributed by atoms with E-state index in [1.807, 2.05) is 24.3 Å². The predicted molar refractivity (Wildman–Crippen MR) is 79.0 cm³/mol. The van der Waals surface area contributed by atoms with E-state index in [2.05, 4.69) is 5.32 Å². The molecular formula is C14H19Cl2NO2. The number of nitrogens with one attached hydrogen (secondary N) is 1. The summed E-state index contributed by atoms with van der Waals surface area (Å²) in [5.74, 6) is -0.121. The molecule has 1 saturated heterocycles. The first kappa shape index (κ1) is 16.3. The summed E-state index contributed by atoms with van der Waals surface area (Å²) < 4.78 is 4.98. The van der Waals surface area contributed by atoms with Crippen LogP contribution in [0.4, 0.5) is 0 Å². The largest absolute Gasteiger partial charge is 0.469 e. The number of hydrogen-bond acceptors (Lipinski definition) is 3. The maximum atomic E-state index is 12.1. The molecule has 0 radical (unpaired) electrons. The Kier molecular flexibility index (Phi) is 6.11. The summed E-state index contributed by atoms with van der Waals surface area (Å²) in [7, 11) is 1.46. The van der Waals surface area contributed by atoms with Gasteiger partial charge in [-0.2, -0.15) is 0 Å². The highest BCUT2D eigenvalue weighted by molar-refractivity contribution is 6.30. The normalized spacial score (nSPS) is 22.4. The van der Waals surface area contributed by atoms with E-state index >= 15 is 0 Å². The lowest BCUT2D eigenvalue weighted by Gasteiger charge is -2.35. The number of ether oxygens (including phenoxy) is 1. The van der Waals surface area contributed by atoms with Crippen LogP contribution in [0.15, 0.2) is 24.3 Å². The Morgan fingerprint density at radius 3 is 2.63 bits per heavy atom. The number of rotatable bonds is 3. The maximum Gasteiger partial charge on any atom is 0.313 e. The minimum atomic E-state index is -0.430. The van der Waals surface area contributed by atoms with Gasteiger partial charge in [0.1, 0.15) is 0 Å². The lowest BCUT2D eigenvalue weighted by Crippen LogP contribution is -2.47. The third-order valence-corrected chi connectivity index (χ3v) is 3.80. The van der Waals surface area contributed by atoms with E-state index in [4.69, 9.17) is 16.3 Å². The van der Waals surface area contributed by atoms with Crippen molar-refractivity contribution in [3.05, 3.63) is 34.9 Å². The second kappa shape index (κ2) is 7.13. The zero-order valence-electron chi connectivity index (χ0n) is 10.9. The first-order chi connectivity index (χ1) is 8.66. The number of esters is 1. The first-order valence-corrected chi connectivity index (χ1v) is 6.58. The quantitative estimate of drug-likeness (QED) is 0.873. The van der Waals surface area contributed by atoms with Crippen LogP contribution in [0, 0.1) is 5.41 Å². The molecule has 1 aliphatic rings. The molecule has 0 spiro atoms. The molecule has 0 aromatic heterocycles. The molecule has 2 rings (SSSR count). The molecule has 1 aliphatic heterocycles. The van der Waals surface area contributed by atoms with Gasteiger partial charge in [0.15, 0.2) is 0 Å². The molecule has 1 aromatic carbocycles. The van der Waals surface area contributed by atoms with Crippen molar-refractivity contribution in [2.75, 3.05) is 20.2 Å². The van der Waals surface area contributed by atoms with Crippen LogP contribution in [0.3, 0.4) is 0 Å². The summed E-state index contributed by atoms with van der Waals surface area (Å²) in [6, 6.07) is 7.67. The first-order valence-electron chi connectivity index (χ1n) is 6.20. The SMILES string of the molecule is COC(=O)C1(Cc2ccc(Cl)cc2)CCCNC1.Cl. The third-order valence-electron chi connectivity index (χ3n) is 3.55. The Labute approximate surface area is 125 Å². The minimum Gasteiger partial charge on any atom is -0.469 e. The number of methoxy groups -OCH3 is 1. The topological polar surface area (TPSA) is 38.3 Å². The van der Waals surface area contributed by atoms with Crippen molar-refractivity contribution in [2.45, 2.75) is 19.3 Å². The molecule has 5 heteroatoms. The summed E-state index contributed by atoms with van der Waals surface area (Å²) in [6.07, 6.45) is 2.57. The third kappa shape index (κ3) is 3.85. The fourth-order valence-corrected chi connectivity index (χ4v) is 2.70. The standard InChI is InChI=1S/C14H18ClNO2.ClH/c1-18-13(17)14(7-2-8-16-10-14)9-11-3-5-12(15)6-4-11;/h3-6,16H,2,7-10H2,1H3;1H. The Balaban J connectivity index is 0.00000180. The Bertz CT molecular complexity index is 414. The average Bonchev–Trinajstić information content (AvgIpc) is 2.41. The summed E-state index contributed by atoms with van der Waals surface area (Å²) in [4.78, 5) is 12.1. The molecule has 1 fully saturated rings. The Morgan fingerprint density at radius 1 is 1.42 bits per heavy atom. The van der Waals surface area contributed by atoms with Crippen LogP contribution in [0.1, 0.15) is 18.4 Å². The van der Waals surface area contributed by atoms with E-state index in [0.717, 1.165) is 24.9 Å². The van der Waals surface area contributed by atoms with Gasteiger partial charge in [-0.1, -0.05) is 23.7 Å². The second-order valence-electron chi connectivity index (χ2n) is 4.86. The van der Waals surface area contributed by atoms with E-state index in [9.17, 15) is 4.79 Å². The number of carbonyl (C=O) groups excluding carboxylic acids is 1. The van der Waals surface area contributed by atoms with Crippen molar-refractivity contribution in [1.29, 1.82) is 0 Å². The van der Waals surface area contributed by atoms with Gasteiger partial charge in [0.2, 0.25) is 0 Å². The highest BCUT2D eigenvalue weighted by Gasteiger charge is 2.40. The number of piperidine rings is 1. The van der Waals surface area contributed by atoms with Gasteiger partial charge in [0.05, 0.1) is 12.5 Å². The lowest BCUT2D eigenvalue weighted by atomic mass is 9.76. The summed E-state index contributed by atoms with van der Waals surface area (Å²) >= 11 is 5.87. The van der Waals surface area contributed by atoms with Gasteiger partial charge in [-0.25, -0.2) is 0 Å². The van der Waals surface area contributed by atoms with Crippen LogP contribution in [0.2, 0.25) is 5.02 Å². The zero-order chi connectivity index (χ0) is 13.0. The maximum absolute atomic E-state index is 12.1. The average molecular weight is 304 g/mol. The molecule has 0 saturated carbocycles. The molecule has 1 heterocycles. The van der Waals surface area contributed by atoms with Crippen LogP contribution in [-0.4, -0.2) is 26.2 Å². The van der Waals surface area contributed by atoms with Crippen molar-refractivity contribution < 1.29 is 9.53 Å². The molecule has 19 heavy (non-hydrogen) atoms. The molecule has 3 nitrogen and oxygen atoms in total. The second-order valence-corrected chi connectivity index (χ2v) is 5.29. The smallest absolute Gasteiger partial charge is 0.313 e. The number of benzene rings is 1. The number of hydrogen-bond donors (Lipinski definition) is 1. The molecule has 0 aliphatic carbocycles. The summed E-state index contributed by atoms with van der Waals surface area (Å²) in [6.45, 7) is 1.65. The zero-order valence-corrected chi connectivity index (χ0v) is 12.5. The highest BCUT2D eigenvalue weighted by atomic mass is 35.5. The monoisotopic (exact) mass is 303 g/mol. The molecular weight excluding hydrogens is 285 g/mol. The van der Waals surface area contributed by atoms with Crippen LogP contribution in [0.25, 0.3) is 0 Å². The van der Waals surface area contributed by atoms with Gasteiger partial charge >= 0.3 is 5.97 Å². The van der Waals surface area contributed by atoms with E-state index in [1.165, 1.54) is 7.11 Å². The van der Waals surface area contributed by atoms with Gasteiger partial charge in [0.25, 0.3) is 0 Å². The number of halogens is 2. The number of carbonyl (C=O) groups is 1. The van der Waals surface area contributed by atoms with Gasteiger partial charge < -0.3 is 10.1 Å².